The van der Waals surface area contributed by atoms with Crippen molar-refractivity contribution in [3.8, 4) is 5.75 Å². The average Bonchev–Trinajstić information content (AvgIpc) is 2.47. The van der Waals surface area contributed by atoms with Crippen molar-refractivity contribution < 1.29 is 14.1 Å². The molecule has 0 radical (unpaired) electrons. The Bertz CT molecular complexity index is 647. The van der Waals surface area contributed by atoms with Crippen LogP contribution < -0.4 is 10.5 Å². The van der Waals surface area contributed by atoms with E-state index < -0.39 is 10.7 Å². The minimum atomic E-state index is -0.427. The average molecular weight is 290 g/mol. The van der Waals surface area contributed by atoms with Gasteiger partial charge in [0.1, 0.15) is 11.6 Å². The molecule has 110 valence electrons. The van der Waals surface area contributed by atoms with Crippen molar-refractivity contribution in [2.75, 3.05) is 6.61 Å². The number of nitrogens with zero attached hydrogens (tertiary/aromatic N) is 1. The molecule has 0 unspecified atom stereocenters. The van der Waals surface area contributed by atoms with Crippen molar-refractivity contribution in [1.29, 1.82) is 0 Å². The number of halogens is 1. The third kappa shape index (κ3) is 4.00. The Kier molecular flexibility index (Phi) is 4.84. The van der Waals surface area contributed by atoms with Crippen LogP contribution in [0.1, 0.15) is 11.1 Å². The second-order valence-corrected chi connectivity index (χ2v) is 4.48. The highest BCUT2D eigenvalue weighted by Gasteiger charge is 2.12. The van der Waals surface area contributed by atoms with Gasteiger partial charge in [-0.3, -0.25) is 10.1 Å². The molecule has 5 nitrogen and oxygen atoms in total. The van der Waals surface area contributed by atoms with E-state index >= 15 is 0 Å². The number of nitro benzene ring substituents is 1. The van der Waals surface area contributed by atoms with Gasteiger partial charge in [-0.2, -0.15) is 0 Å². The maximum Gasteiger partial charge on any atom is 0.272 e. The first-order valence-corrected chi connectivity index (χ1v) is 6.45. The molecule has 2 N–H and O–H groups in total. The number of hydrogen-bond acceptors (Lipinski definition) is 4. The van der Waals surface area contributed by atoms with Gasteiger partial charge < -0.3 is 10.5 Å². The second-order valence-electron chi connectivity index (χ2n) is 4.48. The molecule has 0 aliphatic heterocycles. The molecule has 2 rings (SSSR count). The summed E-state index contributed by atoms with van der Waals surface area (Å²) in [5.74, 6) is -0.0484. The molecule has 2 aromatic carbocycles. The molecular weight excluding hydrogens is 275 g/mol. The van der Waals surface area contributed by atoms with E-state index in [-0.39, 0.29) is 18.8 Å². The van der Waals surface area contributed by atoms with E-state index in [9.17, 15) is 14.5 Å². The third-order valence-corrected chi connectivity index (χ3v) is 3.00. The highest BCUT2D eigenvalue weighted by Crippen LogP contribution is 2.20. The van der Waals surface area contributed by atoms with Crippen molar-refractivity contribution in [1.82, 2.24) is 0 Å². The lowest BCUT2D eigenvalue weighted by molar-refractivity contribution is -0.385. The van der Waals surface area contributed by atoms with Gasteiger partial charge in [-0.25, -0.2) is 4.39 Å². The predicted octanol–water partition coefficient (Wildman–Crippen LogP) is 2.81. The van der Waals surface area contributed by atoms with Crippen LogP contribution in [0.15, 0.2) is 42.5 Å². The van der Waals surface area contributed by atoms with E-state index in [4.69, 9.17) is 10.5 Å². The molecular formula is C15H15FN2O3. The first kappa shape index (κ1) is 14.9. The summed E-state index contributed by atoms with van der Waals surface area (Å²) in [6, 6.07) is 10.7. The molecule has 0 amide bonds. The molecule has 21 heavy (non-hydrogen) atoms. The lowest BCUT2D eigenvalue weighted by Gasteiger charge is -2.08. The monoisotopic (exact) mass is 290 g/mol. The van der Waals surface area contributed by atoms with Crippen molar-refractivity contribution in [2.45, 2.75) is 13.0 Å². The summed E-state index contributed by atoms with van der Waals surface area (Å²) in [7, 11) is 0. The normalized spacial score (nSPS) is 10.4. The highest BCUT2D eigenvalue weighted by molar-refractivity contribution is 5.40. The van der Waals surface area contributed by atoms with Gasteiger partial charge in [0.15, 0.2) is 0 Å². The Morgan fingerprint density at radius 2 is 2.00 bits per heavy atom. The summed E-state index contributed by atoms with van der Waals surface area (Å²) in [6.07, 6.45) is 0.367. The summed E-state index contributed by atoms with van der Waals surface area (Å²) in [5, 5.41) is 10.9. The van der Waals surface area contributed by atoms with Gasteiger partial charge in [-0.15, -0.1) is 0 Å². The van der Waals surface area contributed by atoms with E-state index in [1.54, 1.807) is 24.3 Å². The van der Waals surface area contributed by atoms with Crippen LogP contribution in [-0.4, -0.2) is 11.5 Å². The van der Waals surface area contributed by atoms with Gasteiger partial charge >= 0.3 is 0 Å². The molecule has 6 heteroatoms. The Morgan fingerprint density at radius 1 is 1.24 bits per heavy atom. The molecule has 0 heterocycles. The number of hydrogen-bond donors (Lipinski definition) is 1. The van der Waals surface area contributed by atoms with E-state index in [0.717, 1.165) is 0 Å². The first-order chi connectivity index (χ1) is 10.1. The van der Waals surface area contributed by atoms with Crippen LogP contribution in [0.25, 0.3) is 0 Å². The zero-order valence-corrected chi connectivity index (χ0v) is 11.3. The van der Waals surface area contributed by atoms with Crippen LogP contribution in [0, 0.1) is 15.9 Å². The molecule has 0 saturated carbocycles. The first-order valence-electron chi connectivity index (χ1n) is 6.45. The molecule has 0 saturated heterocycles. The zero-order chi connectivity index (χ0) is 15.2. The summed E-state index contributed by atoms with van der Waals surface area (Å²) in [5.41, 5.74) is 6.74. The minimum absolute atomic E-state index is 0.0583. The largest absolute Gasteiger partial charge is 0.493 e. The maximum atomic E-state index is 13.3. The fraction of sp³-hybridized carbons (Fsp3) is 0.200. The highest BCUT2D eigenvalue weighted by atomic mass is 19.1. The van der Waals surface area contributed by atoms with Gasteiger partial charge in [0.25, 0.3) is 5.69 Å². The summed E-state index contributed by atoms with van der Waals surface area (Å²) in [6.45, 7) is 0.441. The fourth-order valence-electron chi connectivity index (χ4n) is 2.00. The van der Waals surface area contributed by atoms with Crippen LogP contribution >= 0.6 is 0 Å². The minimum Gasteiger partial charge on any atom is -0.493 e. The predicted molar refractivity (Wildman–Crippen MR) is 76.6 cm³/mol. The standard InChI is InChI=1S/C15H15FN2O3/c16-13-7-11(10-17)8-14(9-13)21-6-5-12-3-1-2-4-15(12)18(19)20/h1-4,7-9H,5-6,10,17H2. The number of benzene rings is 2. The molecule has 0 aromatic heterocycles. The Balaban J connectivity index is 2.02. The van der Waals surface area contributed by atoms with E-state index in [0.29, 0.717) is 23.3 Å². The number of para-hydroxylation sites is 1. The Hall–Kier alpha value is -2.47. The number of ether oxygens (including phenoxy) is 1. The van der Waals surface area contributed by atoms with Crippen LogP contribution in [0.4, 0.5) is 10.1 Å². The molecule has 0 aliphatic rings. The number of rotatable bonds is 6. The third-order valence-electron chi connectivity index (χ3n) is 3.00. The number of nitro groups is 1. The van der Waals surface area contributed by atoms with Crippen molar-refractivity contribution >= 4 is 5.69 Å². The summed E-state index contributed by atoms with van der Waals surface area (Å²) in [4.78, 5) is 10.5. The van der Waals surface area contributed by atoms with Crippen LogP contribution in [0.3, 0.4) is 0 Å². The van der Waals surface area contributed by atoms with Crippen molar-refractivity contribution in [2.24, 2.45) is 5.73 Å². The van der Waals surface area contributed by atoms with Crippen LogP contribution in [0.2, 0.25) is 0 Å². The maximum absolute atomic E-state index is 13.3. The smallest absolute Gasteiger partial charge is 0.272 e. The van der Waals surface area contributed by atoms with E-state index in [1.807, 2.05) is 0 Å². The van der Waals surface area contributed by atoms with Gasteiger partial charge in [0, 0.05) is 30.7 Å². The van der Waals surface area contributed by atoms with Gasteiger partial charge in [-0.05, 0) is 17.7 Å². The van der Waals surface area contributed by atoms with Crippen LogP contribution in [0.5, 0.6) is 5.75 Å². The Labute approximate surface area is 121 Å². The SMILES string of the molecule is NCc1cc(F)cc(OCCc2ccccc2[N+](=O)[O-])c1. The molecule has 0 aliphatic carbocycles. The zero-order valence-electron chi connectivity index (χ0n) is 11.3. The van der Waals surface area contributed by atoms with Crippen molar-refractivity contribution in [3.63, 3.8) is 0 Å². The topological polar surface area (TPSA) is 78.4 Å². The molecule has 0 fully saturated rings. The number of nitrogens with two attached hydrogens (primary N) is 1. The van der Waals surface area contributed by atoms with Crippen LogP contribution in [-0.2, 0) is 13.0 Å². The molecule has 0 atom stereocenters. The quantitative estimate of drug-likeness (QED) is 0.655. The fourth-order valence-corrected chi connectivity index (χ4v) is 2.00. The molecule has 0 spiro atoms. The van der Waals surface area contributed by atoms with Gasteiger partial charge in [0.2, 0.25) is 0 Å². The lowest BCUT2D eigenvalue weighted by Crippen LogP contribution is -2.05. The summed E-state index contributed by atoms with van der Waals surface area (Å²) < 4.78 is 18.8. The van der Waals surface area contributed by atoms with E-state index in [1.165, 1.54) is 18.2 Å². The summed E-state index contributed by atoms with van der Waals surface area (Å²) >= 11 is 0. The van der Waals surface area contributed by atoms with Gasteiger partial charge in [-0.1, -0.05) is 18.2 Å². The van der Waals surface area contributed by atoms with Crippen molar-refractivity contribution in [3.05, 3.63) is 69.5 Å². The molecule has 2 aromatic rings. The second kappa shape index (κ2) is 6.81. The van der Waals surface area contributed by atoms with Gasteiger partial charge in [0.05, 0.1) is 11.5 Å². The molecule has 0 bridgehead atoms. The lowest BCUT2D eigenvalue weighted by atomic mass is 10.1. The van der Waals surface area contributed by atoms with E-state index in [2.05, 4.69) is 0 Å². The Morgan fingerprint density at radius 3 is 2.71 bits per heavy atom.